The minimum Gasteiger partial charge on any atom is -0.355 e. The fourth-order valence-corrected chi connectivity index (χ4v) is 3.70. The predicted molar refractivity (Wildman–Crippen MR) is 105 cm³/mol. The zero-order chi connectivity index (χ0) is 19.2. The molecule has 4 nitrogen and oxygen atoms in total. The van der Waals surface area contributed by atoms with Gasteiger partial charge in [-0.05, 0) is 43.3 Å². The van der Waals surface area contributed by atoms with Crippen LogP contribution in [-0.2, 0) is 0 Å². The number of carbonyl (C=O) groups is 1. The molecule has 0 radical (unpaired) electrons. The second kappa shape index (κ2) is 9.19. The highest BCUT2D eigenvalue weighted by atomic mass is 32.2. The van der Waals surface area contributed by atoms with Crippen LogP contribution in [0.2, 0.25) is 0 Å². The number of alkyl halides is 2. The van der Waals surface area contributed by atoms with Crippen LogP contribution in [0, 0.1) is 0 Å². The smallest absolute Gasteiger partial charge is 0.288 e. The Hall–Kier alpha value is -2.12. The van der Waals surface area contributed by atoms with E-state index in [4.69, 9.17) is 0 Å². The van der Waals surface area contributed by atoms with Gasteiger partial charge in [-0.1, -0.05) is 23.9 Å². The Morgan fingerprint density at radius 1 is 1.15 bits per heavy atom. The molecule has 0 aromatic heterocycles. The Kier molecular flexibility index (Phi) is 6.68. The monoisotopic (exact) mass is 392 g/mol. The number of carbonyl (C=O) groups excluding carboxylic acids is 1. The molecule has 27 heavy (non-hydrogen) atoms. The van der Waals surface area contributed by atoms with Crippen molar-refractivity contribution in [3.05, 3.63) is 54.1 Å². The number of hydrogen-bond acceptors (Lipinski definition) is 3. The molecule has 0 unspecified atom stereocenters. The molecule has 1 fully saturated rings. The largest absolute Gasteiger partial charge is 0.355 e. The zero-order valence-corrected chi connectivity index (χ0v) is 16.1. The van der Waals surface area contributed by atoms with Gasteiger partial charge in [-0.3, -0.25) is 4.79 Å². The molecule has 7 heteroatoms. The molecule has 1 aliphatic heterocycles. The summed E-state index contributed by atoms with van der Waals surface area (Å²) in [5.74, 6) is -2.41. The number of nitrogens with zero attached hydrogens (tertiary/aromatic N) is 1. The first kappa shape index (κ1) is 19.6. The molecular formula is C20H24F2N3OS+. The van der Waals surface area contributed by atoms with Gasteiger partial charge in [-0.15, -0.1) is 0 Å². The highest BCUT2D eigenvalue weighted by Gasteiger charge is 2.25. The summed E-state index contributed by atoms with van der Waals surface area (Å²) in [6.45, 7) is 6.71. The van der Waals surface area contributed by atoms with Gasteiger partial charge in [0.25, 0.3) is 11.7 Å². The van der Waals surface area contributed by atoms with E-state index in [9.17, 15) is 13.6 Å². The van der Waals surface area contributed by atoms with E-state index in [0.717, 1.165) is 44.1 Å². The minimum absolute atomic E-state index is 0.0260. The number of nitrogens with one attached hydrogen (secondary N) is 2. The average Bonchev–Trinajstić information content (AvgIpc) is 2.69. The topological polar surface area (TPSA) is 36.8 Å². The van der Waals surface area contributed by atoms with Gasteiger partial charge in [0.1, 0.15) is 0 Å². The molecule has 2 aromatic rings. The summed E-state index contributed by atoms with van der Waals surface area (Å²) in [4.78, 5) is 16.9. The number of anilines is 2. The maximum Gasteiger partial charge on any atom is 0.288 e. The van der Waals surface area contributed by atoms with E-state index in [1.54, 1.807) is 24.3 Å². The van der Waals surface area contributed by atoms with Crippen molar-refractivity contribution < 1.29 is 18.5 Å². The number of halogens is 2. The summed E-state index contributed by atoms with van der Waals surface area (Å²) in [6, 6.07) is 14.2. The maximum absolute atomic E-state index is 13.0. The van der Waals surface area contributed by atoms with Crippen LogP contribution in [0.1, 0.15) is 17.3 Å². The number of piperazine rings is 1. The Bertz CT molecular complexity index is 762. The second-order valence-electron chi connectivity index (χ2n) is 6.47. The number of likely N-dealkylation sites (N-methyl/N-ethyl adjacent to an activating group) is 1. The van der Waals surface area contributed by atoms with Gasteiger partial charge in [0.2, 0.25) is 0 Å². The number of quaternary nitrogens is 1. The SMILES string of the molecule is CC[NH+]1CCN(C(=O)c2ccccc2Nc2ccc(SC(F)F)cc2)CC1. The fraction of sp³-hybridized carbons (Fsp3) is 0.350. The first-order valence-electron chi connectivity index (χ1n) is 9.10. The van der Waals surface area contributed by atoms with Gasteiger partial charge >= 0.3 is 0 Å². The number of benzene rings is 2. The maximum atomic E-state index is 13.0. The van der Waals surface area contributed by atoms with Crippen molar-refractivity contribution in [2.75, 3.05) is 38.0 Å². The summed E-state index contributed by atoms with van der Waals surface area (Å²) < 4.78 is 24.9. The molecule has 1 saturated heterocycles. The lowest BCUT2D eigenvalue weighted by atomic mass is 10.1. The molecular weight excluding hydrogens is 368 g/mol. The van der Waals surface area contributed by atoms with Crippen LogP contribution >= 0.6 is 11.8 Å². The van der Waals surface area contributed by atoms with Crippen LogP contribution in [-0.4, -0.2) is 49.3 Å². The number of hydrogen-bond donors (Lipinski definition) is 2. The van der Waals surface area contributed by atoms with E-state index in [0.29, 0.717) is 22.2 Å². The van der Waals surface area contributed by atoms with Crippen molar-refractivity contribution >= 4 is 29.0 Å². The Labute approximate surface area is 162 Å². The third-order valence-corrected chi connectivity index (χ3v) is 5.50. The van der Waals surface area contributed by atoms with E-state index in [1.807, 2.05) is 29.2 Å². The number of para-hydroxylation sites is 1. The molecule has 144 valence electrons. The molecule has 1 heterocycles. The van der Waals surface area contributed by atoms with Crippen molar-refractivity contribution in [2.45, 2.75) is 17.6 Å². The van der Waals surface area contributed by atoms with Crippen molar-refractivity contribution in [1.29, 1.82) is 0 Å². The highest BCUT2D eigenvalue weighted by molar-refractivity contribution is 7.99. The first-order chi connectivity index (χ1) is 13.1. The summed E-state index contributed by atoms with van der Waals surface area (Å²) >= 11 is 0.518. The molecule has 2 aromatic carbocycles. The Morgan fingerprint density at radius 3 is 2.44 bits per heavy atom. The van der Waals surface area contributed by atoms with Crippen LogP contribution in [0.25, 0.3) is 0 Å². The third-order valence-electron chi connectivity index (χ3n) is 4.77. The second-order valence-corrected chi connectivity index (χ2v) is 7.53. The van der Waals surface area contributed by atoms with Gasteiger partial charge in [-0.25, -0.2) is 0 Å². The van der Waals surface area contributed by atoms with Crippen molar-refractivity contribution in [1.82, 2.24) is 4.90 Å². The van der Waals surface area contributed by atoms with Crippen molar-refractivity contribution in [3.8, 4) is 0 Å². The number of amides is 1. The van der Waals surface area contributed by atoms with E-state index in [2.05, 4.69) is 12.2 Å². The number of thioether (sulfide) groups is 1. The number of rotatable bonds is 6. The summed E-state index contributed by atoms with van der Waals surface area (Å²) in [5, 5.41) is 3.24. The van der Waals surface area contributed by atoms with Crippen LogP contribution in [0.15, 0.2) is 53.4 Å². The lowest BCUT2D eigenvalue weighted by Crippen LogP contribution is -3.14. The van der Waals surface area contributed by atoms with Crippen LogP contribution < -0.4 is 10.2 Å². The normalized spacial score (nSPS) is 15.2. The average molecular weight is 392 g/mol. The lowest BCUT2D eigenvalue weighted by molar-refractivity contribution is -0.902. The standard InChI is InChI=1S/C20H23F2N3OS/c1-2-24-11-13-25(14-12-24)19(26)17-5-3-4-6-18(17)23-15-7-9-16(10-8-15)27-20(21)22/h3-10,20,23H,2,11-14H2,1H3/p+1. The van der Waals surface area contributed by atoms with Gasteiger partial charge in [-0.2, -0.15) is 8.78 Å². The summed E-state index contributed by atoms with van der Waals surface area (Å²) in [6.07, 6.45) is 0. The quantitative estimate of drug-likeness (QED) is 0.742. The van der Waals surface area contributed by atoms with Gasteiger partial charge in [0.15, 0.2) is 0 Å². The third kappa shape index (κ3) is 5.20. The summed E-state index contributed by atoms with van der Waals surface area (Å²) in [5.41, 5.74) is 2.11. The molecule has 3 rings (SSSR count). The van der Waals surface area contributed by atoms with Crippen molar-refractivity contribution in [3.63, 3.8) is 0 Å². The van der Waals surface area contributed by atoms with E-state index < -0.39 is 5.76 Å². The molecule has 2 N–H and O–H groups in total. The highest BCUT2D eigenvalue weighted by Crippen LogP contribution is 2.28. The minimum atomic E-state index is -2.43. The predicted octanol–water partition coefficient (Wildman–Crippen LogP) is 3.11. The van der Waals surface area contributed by atoms with E-state index in [1.165, 1.54) is 4.90 Å². The van der Waals surface area contributed by atoms with E-state index in [-0.39, 0.29) is 5.91 Å². The van der Waals surface area contributed by atoms with Crippen LogP contribution in [0.3, 0.4) is 0 Å². The van der Waals surface area contributed by atoms with Gasteiger partial charge < -0.3 is 15.1 Å². The molecule has 0 bridgehead atoms. The zero-order valence-electron chi connectivity index (χ0n) is 15.3. The lowest BCUT2D eigenvalue weighted by Gasteiger charge is -2.32. The van der Waals surface area contributed by atoms with Crippen LogP contribution in [0.4, 0.5) is 20.2 Å². The van der Waals surface area contributed by atoms with Gasteiger partial charge in [0, 0.05) is 10.6 Å². The van der Waals surface area contributed by atoms with Crippen molar-refractivity contribution in [2.24, 2.45) is 0 Å². The first-order valence-corrected chi connectivity index (χ1v) is 9.98. The summed E-state index contributed by atoms with van der Waals surface area (Å²) in [7, 11) is 0. The molecule has 0 saturated carbocycles. The van der Waals surface area contributed by atoms with Gasteiger partial charge in [0.05, 0.1) is 44.0 Å². The van der Waals surface area contributed by atoms with E-state index >= 15 is 0 Å². The molecule has 0 spiro atoms. The molecule has 1 aliphatic rings. The Balaban J connectivity index is 1.71. The fourth-order valence-electron chi connectivity index (χ4n) is 3.20. The molecule has 0 atom stereocenters. The molecule has 0 aliphatic carbocycles. The Morgan fingerprint density at radius 2 is 1.81 bits per heavy atom. The molecule has 1 amide bonds. The van der Waals surface area contributed by atoms with Crippen LogP contribution in [0.5, 0.6) is 0 Å².